The number of hydrogen-bond acceptors (Lipinski definition) is 3. The summed E-state index contributed by atoms with van der Waals surface area (Å²) in [6.07, 6.45) is 19.8. The summed E-state index contributed by atoms with van der Waals surface area (Å²) in [4.78, 5) is 12.0. The molecule has 0 saturated carbocycles. The van der Waals surface area contributed by atoms with Crippen molar-refractivity contribution in [3.63, 3.8) is 0 Å². The maximum absolute atomic E-state index is 12.0. The normalized spacial score (nSPS) is 10.9. The van der Waals surface area contributed by atoms with Gasteiger partial charge in [0.05, 0.1) is 6.61 Å². The predicted molar refractivity (Wildman–Crippen MR) is 147 cm³/mol. The lowest BCUT2D eigenvalue weighted by atomic mass is 10.0. The van der Waals surface area contributed by atoms with E-state index in [-0.39, 0.29) is 5.97 Å². The lowest BCUT2D eigenvalue weighted by Gasteiger charge is -2.08. The molecule has 0 heterocycles. The Bertz CT molecular complexity index is 754. The second kappa shape index (κ2) is 20.0. The Morgan fingerprint density at radius 1 is 0.629 bits per heavy atom. The van der Waals surface area contributed by atoms with E-state index in [9.17, 15) is 4.79 Å². The van der Waals surface area contributed by atoms with Gasteiger partial charge in [-0.1, -0.05) is 133 Å². The summed E-state index contributed by atoms with van der Waals surface area (Å²) in [6, 6.07) is 18.2. The van der Waals surface area contributed by atoms with E-state index in [1.165, 1.54) is 77.0 Å². The molecule has 2 rings (SSSR count). The van der Waals surface area contributed by atoms with Gasteiger partial charge in [0, 0.05) is 12.8 Å². The van der Waals surface area contributed by atoms with Crippen LogP contribution in [0, 0.1) is 0 Å². The third-order valence-corrected chi connectivity index (χ3v) is 6.56. The molecule has 194 valence electrons. The van der Waals surface area contributed by atoms with Crippen LogP contribution in [0.1, 0.15) is 114 Å². The number of carbonyl (C=O) groups is 1. The highest BCUT2D eigenvalue weighted by atomic mass is 16.5. The summed E-state index contributed by atoms with van der Waals surface area (Å²) in [5, 5.41) is 0. The third-order valence-electron chi connectivity index (χ3n) is 6.56. The van der Waals surface area contributed by atoms with Crippen molar-refractivity contribution in [2.45, 2.75) is 116 Å². The van der Waals surface area contributed by atoms with Gasteiger partial charge in [-0.3, -0.25) is 4.79 Å². The Labute approximate surface area is 214 Å². The molecule has 3 nitrogen and oxygen atoms in total. The Balaban J connectivity index is 1.38. The van der Waals surface area contributed by atoms with Crippen LogP contribution in [-0.4, -0.2) is 12.6 Å². The molecule has 0 spiro atoms. The van der Waals surface area contributed by atoms with Crippen LogP contribution < -0.4 is 4.74 Å². The zero-order chi connectivity index (χ0) is 24.8. The summed E-state index contributed by atoms with van der Waals surface area (Å²) >= 11 is 0. The van der Waals surface area contributed by atoms with Crippen LogP contribution in [0.25, 0.3) is 0 Å². The fourth-order valence-electron chi connectivity index (χ4n) is 4.31. The number of carbonyl (C=O) groups excluding carboxylic acids is 1. The van der Waals surface area contributed by atoms with Crippen LogP contribution in [0.3, 0.4) is 0 Å². The molecule has 3 heteroatoms. The topological polar surface area (TPSA) is 35.5 Å². The van der Waals surface area contributed by atoms with Gasteiger partial charge in [-0.25, -0.2) is 0 Å². The molecule has 0 bridgehead atoms. The van der Waals surface area contributed by atoms with Crippen molar-refractivity contribution < 1.29 is 14.3 Å². The van der Waals surface area contributed by atoms with Crippen LogP contribution in [0.2, 0.25) is 0 Å². The van der Waals surface area contributed by atoms with Gasteiger partial charge in [0.25, 0.3) is 0 Å². The van der Waals surface area contributed by atoms with Crippen molar-refractivity contribution in [2.24, 2.45) is 0 Å². The van der Waals surface area contributed by atoms with E-state index < -0.39 is 0 Å². The van der Waals surface area contributed by atoms with E-state index in [0.717, 1.165) is 36.1 Å². The molecular weight excluding hydrogens is 432 g/mol. The van der Waals surface area contributed by atoms with E-state index in [4.69, 9.17) is 9.47 Å². The number of unbranched alkanes of at least 4 members (excludes halogenated alkanes) is 13. The number of hydrogen-bond donors (Lipinski definition) is 0. The van der Waals surface area contributed by atoms with E-state index in [0.29, 0.717) is 19.6 Å². The van der Waals surface area contributed by atoms with Crippen LogP contribution in [0.5, 0.6) is 5.75 Å². The lowest BCUT2D eigenvalue weighted by Crippen LogP contribution is -2.07. The minimum Gasteiger partial charge on any atom is -0.489 e. The third kappa shape index (κ3) is 15.3. The Morgan fingerprint density at radius 2 is 1.17 bits per heavy atom. The summed E-state index contributed by atoms with van der Waals surface area (Å²) < 4.78 is 11.2. The van der Waals surface area contributed by atoms with Gasteiger partial charge in [0.15, 0.2) is 0 Å². The van der Waals surface area contributed by atoms with Gasteiger partial charge >= 0.3 is 5.97 Å². The molecule has 35 heavy (non-hydrogen) atoms. The van der Waals surface area contributed by atoms with Gasteiger partial charge < -0.3 is 9.47 Å². The van der Waals surface area contributed by atoms with Crippen LogP contribution in [0.4, 0.5) is 0 Å². The van der Waals surface area contributed by atoms with Gasteiger partial charge in [0.2, 0.25) is 0 Å². The van der Waals surface area contributed by atoms with Crippen molar-refractivity contribution in [1.82, 2.24) is 0 Å². The smallest absolute Gasteiger partial charge is 0.305 e. The molecule has 0 unspecified atom stereocenters. The SMILES string of the molecule is CCCCCCCCCCCCCCCCC(=O)OCCc1ccc(OCc2ccccc2)cc1. The molecule has 0 aromatic heterocycles. The summed E-state index contributed by atoms with van der Waals surface area (Å²) in [5.41, 5.74) is 2.31. The highest BCUT2D eigenvalue weighted by molar-refractivity contribution is 5.69. The highest BCUT2D eigenvalue weighted by Crippen LogP contribution is 2.16. The fourth-order valence-corrected chi connectivity index (χ4v) is 4.31. The standard InChI is InChI=1S/C32H48O3/c1-2-3-4-5-6-7-8-9-10-11-12-13-14-18-21-32(33)34-27-26-29-22-24-31(25-23-29)35-28-30-19-16-15-17-20-30/h15-17,19-20,22-25H,2-14,18,21,26-28H2,1H3. The van der Waals surface area contributed by atoms with E-state index in [2.05, 4.69) is 19.1 Å². The average molecular weight is 481 g/mol. The number of ether oxygens (including phenoxy) is 2. The quantitative estimate of drug-likeness (QED) is 0.132. The molecule has 0 aliphatic carbocycles. The average Bonchev–Trinajstić information content (AvgIpc) is 2.89. The van der Waals surface area contributed by atoms with Crippen LogP contribution in [-0.2, 0) is 22.6 Å². The monoisotopic (exact) mass is 480 g/mol. The predicted octanol–water partition coefficient (Wildman–Crippen LogP) is 9.22. The zero-order valence-electron chi connectivity index (χ0n) is 22.1. The largest absolute Gasteiger partial charge is 0.489 e. The second-order valence-electron chi connectivity index (χ2n) is 9.73. The molecule has 0 saturated heterocycles. The first-order valence-corrected chi connectivity index (χ1v) is 14.2. The first-order valence-electron chi connectivity index (χ1n) is 14.2. The van der Waals surface area contributed by atoms with Gasteiger partial charge in [-0.15, -0.1) is 0 Å². The second-order valence-corrected chi connectivity index (χ2v) is 9.73. The zero-order valence-corrected chi connectivity index (χ0v) is 22.1. The summed E-state index contributed by atoms with van der Waals surface area (Å²) in [5.74, 6) is 0.791. The molecule has 0 N–H and O–H groups in total. The molecule has 0 aliphatic heterocycles. The fraction of sp³-hybridized carbons (Fsp3) is 0.594. The minimum atomic E-state index is -0.0632. The van der Waals surface area contributed by atoms with Crippen molar-refractivity contribution in [3.05, 3.63) is 65.7 Å². The first-order chi connectivity index (χ1) is 17.3. The van der Waals surface area contributed by atoms with Crippen molar-refractivity contribution in [3.8, 4) is 5.75 Å². The molecule has 2 aromatic carbocycles. The Morgan fingerprint density at radius 3 is 1.74 bits per heavy atom. The number of esters is 1. The van der Waals surface area contributed by atoms with Gasteiger partial charge in [-0.2, -0.15) is 0 Å². The van der Waals surface area contributed by atoms with Crippen LogP contribution >= 0.6 is 0 Å². The molecule has 2 aromatic rings. The Hall–Kier alpha value is -2.29. The maximum atomic E-state index is 12.0. The van der Waals surface area contributed by atoms with E-state index in [1.54, 1.807) is 0 Å². The van der Waals surface area contributed by atoms with E-state index >= 15 is 0 Å². The summed E-state index contributed by atoms with van der Waals surface area (Å²) in [7, 11) is 0. The number of rotatable bonds is 21. The minimum absolute atomic E-state index is 0.0632. The van der Waals surface area contributed by atoms with Crippen molar-refractivity contribution in [1.29, 1.82) is 0 Å². The van der Waals surface area contributed by atoms with Crippen LogP contribution in [0.15, 0.2) is 54.6 Å². The first kappa shape index (κ1) is 28.9. The van der Waals surface area contributed by atoms with Crippen molar-refractivity contribution >= 4 is 5.97 Å². The summed E-state index contributed by atoms with van der Waals surface area (Å²) in [6.45, 7) is 3.29. The van der Waals surface area contributed by atoms with Gasteiger partial charge in [0.1, 0.15) is 12.4 Å². The van der Waals surface area contributed by atoms with Crippen molar-refractivity contribution in [2.75, 3.05) is 6.61 Å². The molecule has 0 fully saturated rings. The molecule has 0 aliphatic rings. The highest BCUT2D eigenvalue weighted by Gasteiger charge is 2.04. The van der Waals surface area contributed by atoms with E-state index in [1.807, 2.05) is 42.5 Å². The molecular formula is C32H48O3. The lowest BCUT2D eigenvalue weighted by molar-refractivity contribution is -0.143. The molecule has 0 amide bonds. The molecule has 0 atom stereocenters. The molecule has 0 radical (unpaired) electrons. The number of benzene rings is 2. The van der Waals surface area contributed by atoms with Gasteiger partial charge in [-0.05, 0) is 29.7 Å². The Kier molecular flexibility index (Phi) is 16.5. The maximum Gasteiger partial charge on any atom is 0.305 e.